The molecule has 1 atom stereocenters. The first-order chi connectivity index (χ1) is 10.8. The molecule has 0 saturated carbocycles. The molecule has 2 aromatic rings. The quantitative estimate of drug-likeness (QED) is 0.868. The predicted molar refractivity (Wildman–Crippen MR) is 90.0 cm³/mol. The van der Waals surface area contributed by atoms with Gasteiger partial charge in [-0.25, -0.2) is 0 Å². The van der Waals surface area contributed by atoms with E-state index < -0.39 is 0 Å². The van der Waals surface area contributed by atoms with E-state index in [1.54, 1.807) is 11.3 Å². The van der Waals surface area contributed by atoms with Crippen molar-refractivity contribution in [2.75, 3.05) is 32.8 Å². The van der Waals surface area contributed by atoms with E-state index in [1.807, 2.05) is 18.4 Å². The van der Waals surface area contributed by atoms with Gasteiger partial charge in [0.25, 0.3) is 5.91 Å². The van der Waals surface area contributed by atoms with Crippen molar-refractivity contribution in [3.63, 3.8) is 0 Å². The minimum Gasteiger partial charge on any atom is -0.370 e. The van der Waals surface area contributed by atoms with Crippen LogP contribution in [0.15, 0.2) is 29.0 Å². The molecule has 0 spiro atoms. The number of carbonyl (C=O) groups is 1. The number of ether oxygens (including phenoxy) is 1. The second-order valence-electron chi connectivity index (χ2n) is 5.48. The van der Waals surface area contributed by atoms with Crippen molar-refractivity contribution >= 4 is 28.6 Å². The summed E-state index contributed by atoms with van der Waals surface area (Å²) in [5.74, 6) is 0.0433. The van der Waals surface area contributed by atoms with Crippen molar-refractivity contribution < 1.29 is 14.4 Å². The van der Waals surface area contributed by atoms with Crippen molar-refractivity contribution in [1.29, 1.82) is 0 Å². The van der Waals surface area contributed by atoms with Crippen LogP contribution in [0.4, 0.5) is 0 Å². The van der Waals surface area contributed by atoms with E-state index in [1.165, 1.54) is 21.1 Å². The molecule has 22 heavy (non-hydrogen) atoms. The van der Waals surface area contributed by atoms with Gasteiger partial charge in [-0.3, -0.25) is 4.79 Å². The second-order valence-corrected chi connectivity index (χ2v) is 7.38. The predicted octanol–water partition coefficient (Wildman–Crippen LogP) is 1.50. The summed E-state index contributed by atoms with van der Waals surface area (Å²) in [6.45, 7) is 6.25. The van der Waals surface area contributed by atoms with Gasteiger partial charge in [-0.2, -0.15) is 0 Å². The van der Waals surface area contributed by atoms with Gasteiger partial charge < -0.3 is 15.0 Å². The van der Waals surface area contributed by atoms with E-state index in [-0.39, 0.29) is 5.91 Å². The Morgan fingerprint density at radius 1 is 1.32 bits per heavy atom. The van der Waals surface area contributed by atoms with Crippen molar-refractivity contribution in [3.8, 4) is 0 Å². The fourth-order valence-electron chi connectivity index (χ4n) is 2.80. The monoisotopic (exact) mass is 337 g/mol. The fraction of sp³-hybridized carbons (Fsp3) is 0.438. The van der Waals surface area contributed by atoms with Crippen molar-refractivity contribution in [3.05, 3.63) is 44.3 Å². The first kappa shape index (κ1) is 15.7. The highest BCUT2D eigenvalue weighted by Gasteiger charge is 2.27. The third kappa shape index (κ3) is 3.57. The molecule has 0 aromatic carbocycles. The highest BCUT2D eigenvalue weighted by Crippen LogP contribution is 2.18. The molecule has 4 nitrogen and oxygen atoms in total. The standard InChI is InChI=1S/C16H20N2O2S2/c1-12-4-10-22-15(12)16(19)17-11-13(14-3-2-9-21-14)18-5-7-20-8-6-18/h2-4,9-10,13H,5-8,11H2,1H3,(H,17,19)/p+1/t13-/m1/s1. The SMILES string of the molecule is Cc1ccsc1C(=O)NC[C@H](c1cccs1)[NH+]1CCOCC1. The molecule has 3 rings (SSSR count). The Morgan fingerprint density at radius 3 is 2.77 bits per heavy atom. The summed E-state index contributed by atoms with van der Waals surface area (Å²) in [5.41, 5.74) is 1.05. The van der Waals surface area contributed by atoms with Crippen LogP contribution >= 0.6 is 22.7 Å². The number of carbonyl (C=O) groups excluding carboxylic acids is 1. The van der Waals surface area contributed by atoms with Crippen LogP contribution in [0, 0.1) is 6.92 Å². The first-order valence-corrected chi connectivity index (χ1v) is 9.29. The van der Waals surface area contributed by atoms with Crippen molar-refractivity contribution in [2.24, 2.45) is 0 Å². The van der Waals surface area contributed by atoms with Crippen molar-refractivity contribution in [1.82, 2.24) is 5.32 Å². The Kier molecular flexibility index (Phi) is 5.25. The van der Waals surface area contributed by atoms with Crippen LogP contribution in [-0.2, 0) is 4.74 Å². The molecule has 0 bridgehead atoms. The summed E-state index contributed by atoms with van der Waals surface area (Å²) in [5, 5.41) is 7.20. The number of morpholine rings is 1. The lowest BCUT2D eigenvalue weighted by atomic mass is 10.2. The minimum atomic E-state index is 0.0433. The van der Waals surface area contributed by atoms with Gasteiger partial charge in [0.15, 0.2) is 0 Å². The van der Waals surface area contributed by atoms with Gasteiger partial charge in [-0.05, 0) is 35.4 Å². The zero-order valence-corrected chi connectivity index (χ0v) is 14.3. The van der Waals surface area contributed by atoms with E-state index in [4.69, 9.17) is 4.74 Å². The maximum absolute atomic E-state index is 12.4. The first-order valence-electron chi connectivity index (χ1n) is 7.53. The summed E-state index contributed by atoms with van der Waals surface area (Å²) in [6.07, 6.45) is 0. The molecule has 118 valence electrons. The summed E-state index contributed by atoms with van der Waals surface area (Å²) < 4.78 is 5.46. The van der Waals surface area contributed by atoms with Gasteiger partial charge >= 0.3 is 0 Å². The summed E-state index contributed by atoms with van der Waals surface area (Å²) >= 11 is 3.27. The maximum Gasteiger partial charge on any atom is 0.261 e. The largest absolute Gasteiger partial charge is 0.370 e. The molecule has 1 aliphatic rings. The summed E-state index contributed by atoms with van der Waals surface area (Å²) in [7, 11) is 0. The van der Waals surface area contributed by atoms with Crippen LogP contribution in [0.2, 0.25) is 0 Å². The lowest BCUT2D eigenvalue weighted by Crippen LogP contribution is -3.15. The van der Waals surface area contributed by atoms with Crippen molar-refractivity contribution in [2.45, 2.75) is 13.0 Å². The van der Waals surface area contributed by atoms with E-state index in [0.29, 0.717) is 12.6 Å². The van der Waals surface area contributed by atoms with Gasteiger partial charge in [0.05, 0.1) is 29.5 Å². The summed E-state index contributed by atoms with van der Waals surface area (Å²) in [4.78, 5) is 16.0. The maximum atomic E-state index is 12.4. The van der Waals surface area contributed by atoms with Crippen LogP contribution in [-0.4, -0.2) is 38.8 Å². The van der Waals surface area contributed by atoms with Gasteiger partial charge in [0.1, 0.15) is 19.1 Å². The Balaban J connectivity index is 1.68. The second kappa shape index (κ2) is 7.37. The molecule has 0 aliphatic carbocycles. The number of hydrogen-bond donors (Lipinski definition) is 2. The van der Waals surface area contributed by atoms with Gasteiger partial charge in [0.2, 0.25) is 0 Å². The van der Waals surface area contributed by atoms with E-state index in [9.17, 15) is 4.79 Å². The fourth-order valence-corrected chi connectivity index (χ4v) is 4.53. The van der Waals surface area contributed by atoms with Gasteiger partial charge in [-0.15, -0.1) is 22.7 Å². The smallest absolute Gasteiger partial charge is 0.261 e. The molecule has 1 aliphatic heterocycles. The minimum absolute atomic E-state index is 0.0433. The molecular weight excluding hydrogens is 316 g/mol. The Morgan fingerprint density at radius 2 is 2.14 bits per heavy atom. The third-order valence-electron chi connectivity index (χ3n) is 4.05. The van der Waals surface area contributed by atoms with Gasteiger partial charge in [-0.1, -0.05) is 6.07 Å². The topological polar surface area (TPSA) is 42.8 Å². The number of amides is 1. The molecule has 1 saturated heterocycles. The number of nitrogens with one attached hydrogen (secondary N) is 2. The van der Waals surface area contributed by atoms with Gasteiger partial charge in [0, 0.05) is 0 Å². The number of quaternary nitrogens is 1. The Labute approximate surface area is 138 Å². The molecule has 1 fully saturated rings. The molecule has 1 amide bonds. The zero-order chi connectivity index (χ0) is 15.4. The highest BCUT2D eigenvalue weighted by atomic mass is 32.1. The molecule has 3 heterocycles. The third-order valence-corrected chi connectivity index (χ3v) is 6.05. The number of hydrogen-bond acceptors (Lipinski definition) is 4. The Hall–Kier alpha value is -1.21. The molecule has 2 N–H and O–H groups in total. The van der Waals surface area contributed by atoms with Crippen LogP contribution in [0.5, 0.6) is 0 Å². The van der Waals surface area contributed by atoms with E-state index in [2.05, 4.69) is 22.8 Å². The van der Waals surface area contributed by atoms with Crippen LogP contribution in [0.3, 0.4) is 0 Å². The highest BCUT2D eigenvalue weighted by molar-refractivity contribution is 7.12. The number of aryl methyl sites for hydroxylation is 1. The van der Waals surface area contributed by atoms with Crippen LogP contribution in [0.25, 0.3) is 0 Å². The Bertz CT molecular complexity index is 603. The lowest BCUT2D eigenvalue weighted by molar-refractivity contribution is -0.937. The van der Waals surface area contributed by atoms with Crippen LogP contribution < -0.4 is 10.2 Å². The number of thiophene rings is 2. The van der Waals surface area contributed by atoms with Crippen LogP contribution in [0.1, 0.15) is 26.2 Å². The zero-order valence-electron chi connectivity index (χ0n) is 12.6. The molecular formula is C16H21N2O2S2+. The normalized spacial score (nSPS) is 17.3. The number of rotatable bonds is 5. The average molecular weight is 337 g/mol. The molecule has 6 heteroatoms. The summed E-state index contributed by atoms with van der Waals surface area (Å²) in [6, 6.07) is 6.55. The average Bonchev–Trinajstić information content (AvgIpc) is 3.20. The van der Waals surface area contributed by atoms with E-state index >= 15 is 0 Å². The molecule has 0 radical (unpaired) electrons. The molecule has 2 aromatic heterocycles. The molecule has 0 unspecified atom stereocenters. The lowest BCUT2D eigenvalue weighted by Gasteiger charge is -2.31. The van der Waals surface area contributed by atoms with E-state index in [0.717, 1.165) is 36.7 Å².